The number of thioether (sulfide) groups is 1. The molecule has 0 radical (unpaired) electrons. The summed E-state index contributed by atoms with van der Waals surface area (Å²) in [6, 6.07) is 3.54. The number of hydrogen-bond donors (Lipinski definition) is 2. The van der Waals surface area contributed by atoms with Crippen LogP contribution in [0.3, 0.4) is 0 Å². The molecule has 2 rings (SSSR count). The highest BCUT2D eigenvalue weighted by Crippen LogP contribution is 2.29. The van der Waals surface area contributed by atoms with Crippen molar-refractivity contribution in [2.45, 2.75) is 23.9 Å². The lowest BCUT2D eigenvalue weighted by Crippen LogP contribution is -2.20. The van der Waals surface area contributed by atoms with E-state index in [9.17, 15) is 8.78 Å². The van der Waals surface area contributed by atoms with Crippen molar-refractivity contribution in [1.29, 1.82) is 0 Å². The number of hydrogen-bond acceptors (Lipinski definition) is 5. The topological polar surface area (TPSA) is 58.0 Å². The van der Waals surface area contributed by atoms with Gasteiger partial charge in [0.25, 0.3) is 0 Å². The lowest BCUT2D eigenvalue weighted by Gasteiger charge is -2.11. The van der Waals surface area contributed by atoms with Crippen LogP contribution < -0.4 is 5.32 Å². The molecule has 0 spiro atoms. The van der Waals surface area contributed by atoms with Gasteiger partial charge in [0.05, 0.1) is 11.6 Å². The average Bonchev–Trinajstić information content (AvgIpc) is 2.51. The molecule has 0 amide bonds. The third-order valence-corrected chi connectivity index (χ3v) is 4.08. The lowest BCUT2D eigenvalue weighted by atomic mass is 10.2. The Hall–Kier alpha value is -1.44. The second-order valence-electron chi connectivity index (χ2n) is 4.56. The van der Waals surface area contributed by atoms with Crippen LogP contribution in [0, 0.1) is 11.6 Å². The van der Waals surface area contributed by atoms with Gasteiger partial charge in [-0.2, -0.15) is 0 Å². The van der Waals surface area contributed by atoms with Crippen LogP contribution in [-0.2, 0) is 5.75 Å². The van der Waals surface area contributed by atoms with Crippen molar-refractivity contribution in [1.82, 2.24) is 9.97 Å². The van der Waals surface area contributed by atoms with E-state index in [0.29, 0.717) is 11.0 Å². The molecule has 1 aromatic heterocycles. The lowest BCUT2D eigenvalue weighted by molar-refractivity contribution is 0.281. The summed E-state index contributed by atoms with van der Waals surface area (Å²) >= 11 is 6.92. The van der Waals surface area contributed by atoms with E-state index in [4.69, 9.17) is 16.7 Å². The molecular weight excluding hydrogens is 332 g/mol. The Balaban J connectivity index is 2.09. The van der Waals surface area contributed by atoms with E-state index >= 15 is 0 Å². The monoisotopic (exact) mass is 345 g/mol. The third-order valence-electron chi connectivity index (χ3n) is 2.79. The molecule has 0 aliphatic carbocycles. The van der Waals surface area contributed by atoms with Crippen LogP contribution in [0.15, 0.2) is 29.6 Å². The van der Waals surface area contributed by atoms with Gasteiger partial charge in [0, 0.05) is 23.6 Å². The Labute approximate surface area is 135 Å². The fourth-order valence-electron chi connectivity index (χ4n) is 1.63. The molecular formula is C14H14ClF2N3OS. The quantitative estimate of drug-likeness (QED) is 0.477. The van der Waals surface area contributed by atoms with Crippen LogP contribution >= 0.6 is 23.4 Å². The molecule has 0 aliphatic heterocycles. The van der Waals surface area contributed by atoms with Crippen LogP contribution in [0.1, 0.15) is 12.5 Å². The number of anilines is 1. The zero-order chi connectivity index (χ0) is 16.1. The van der Waals surface area contributed by atoms with Crippen LogP contribution in [0.25, 0.3) is 0 Å². The second-order valence-corrected chi connectivity index (χ2v) is 5.88. The Kier molecular flexibility index (Phi) is 5.93. The van der Waals surface area contributed by atoms with Gasteiger partial charge in [-0.25, -0.2) is 18.7 Å². The van der Waals surface area contributed by atoms with Crippen molar-refractivity contribution in [3.8, 4) is 0 Å². The fourth-order valence-corrected chi connectivity index (χ4v) is 2.78. The highest BCUT2D eigenvalue weighted by Gasteiger charge is 2.13. The van der Waals surface area contributed by atoms with Gasteiger partial charge in [0.15, 0.2) is 5.16 Å². The van der Waals surface area contributed by atoms with E-state index in [1.165, 1.54) is 0 Å². The molecule has 2 aromatic rings. The molecule has 1 heterocycles. The van der Waals surface area contributed by atoms with Crippen molar-refractivity contribution in [2.75, 3.05) is 11.9 Å². The molecule has 1 atom stereocenters. The minimum atomic E-state index is -0.660. The average molecular weight is 346 g/mol. The second kappa shape index (κ2) is 7.71. The molecule has 0 saturated heterocycles. The summed E-state index contributed by atoms with van der Waals surface area (Å²) < 4.78 is 27.0. The number of halogens is 3. The highest BCUT2D eigenvalue weighted by molar-refractivity contribution is 7.98. The van der Waals surface area contributed by atoms with E-state index in [2.05, 4.69) is 15.3 Å². The molecule has 0 aliphatic rings. The first kappa shape index (κ1) is 16.9. The number of rotatable bonds is 6. The first-order chi connectivity index (χ1) is 10.5. The van der Waals surface area contributed by atoms with Crippen LogP contribution in [0.5, 0.6) is 0 Å². The van der Waals surface area contributed by atoms with E-state index in [-0.39, 0.29) is 29.0 Å². The molecule has 4 nitrogen and oxygen atoms in total. The zero-order valence-electron chi connectivity index (χ0n) is 11.7. The van der Waals surface area contributed by atoms with E-state index in [1.807, 2.05) is 0 Å². The van der Waals surface area contributed by atoms with Gasteiger partial charge in [-0.3, -0.25) is 0 Å². The van der Waals surface area contributed by atoms with E-state index < -0.39 is 11.6 Å². The maximum Gasteiger partial charge on any atom is 0.189 e. The predicted octanol–water partition coefficient (Wildman–Crippen LogP) is 3.49. The van der Waals surface area contributed by atoms with Gasteiger partial charge in [0.1, 0.15) is 17.5 Å². The maximum atomic E-state index is 13.7. The number of aromatic nitrogens is 2. The molecule has 22 heavy (non-hydrogen) atoms. The number of nitrogens with one attached hydrogen (secondary N) is 1. The van der Waals surface area contributed by atoms with Crippen LogP contribution in [0.4, 0.5) is 14.6 Å². The molecule has 8 heteroatoms. The Bertz CT molecular complexity index is 660. The molecule has 118 valence electrons. The summed E-state index contributed by atoms with van der Waals surface area (Å²) in [6.07, 6.45) is 1.55. The van der Waals surface area contributed by atoms with Crippen LogP contribution in [-0.4, -0.2) is 27.7 Å². The van der Waals surface area contributed by atoms with E-state index in [0.717, 1.165) is 23.9 Å². The number of aliphatic hydroxyl groups is 1. The number of nitrogens with zero attached hydrogens (tertiary/aromatic N) is 2. The molecule has 2 N–H and O–H groups in total. The van der Waals surface area contributed by atoms with Crippen molar-refractivity contribution in [2.24, 2.45) is 0 Å². The summed E-state index contributed by atoms with van der Waals surface area (Å²) in [5, 5.41) is 12.2. The van der Waals surface area contributed by atoms with Gasteiger partial charge in [-0.1, -0.05) is 23.4 Å². The molecule has 0 saturated carbocycles. The van der Waals surface area contributed by atoms with Gasteiger partial charge in [-0.05, 0) is 25.1 Å². The van der Waals surface area contributed by atoms with Gasteiger partial charge >= 0.3 is 0 Å². The third kappa shape index (κ3) is 4.28. The smallest absolute Gasteiger partial charge is 0.189 e. The highest BCUT2D eigenvalue weighted by atomic mass is 35.5. The van der Waals surface area contributed by atoms with Crippen LogP contribution in [0.2, 0.25) is 5.02 Å². The Morgan fingerprint density at radius 1 is 1.32 bits per heavy atom. The van der Waals surface area contributed by atoms with Gasteiger partial charge < -0.3 is 10.4 Å². The van der Waals surface area contributed by atoms with Crippen molar-refractivity contribution < 1.29 is 13.9 Å². The number of aliphatic hydroxyl groups excluding tert-OH is 1. The fraction of sp³-hybridized carbons (Fsp3) is 0.286. The summed E-state index contributed by atoms with van der Waals surface area (Å²) in [5.74, 6) is -0.569. The minimum Gasteiger partial charge on any atom is -0.394 e. The minimum absolute atomic E-state index is 0.0312. The summed E-state index contributed by atoms with van der Waals surface area (Å²) in [7, 11) is 0. The predicted molar refractivity (Wildman–Crippen MR) is 83.1 cm³/mol. The first-order valence-corrected chi connectivity index (χ1v) is 7.83. The van der Waals surface area contributed by atoms with Crippen molar-refractivity contribution in [3.63, 3.8) is 0 Å². The maximum absolute atomic E-state index is 13.7. The normalized spacial score (nSPS) is 12.2. The summed E-state index contributed by atoms with van der Waals surface area (Å²) in [6.45, 7) is 1.77. The van der Waals surface area contributed by atoms with E-state index in [1.54, 1.807) is 19.2 Å². The zero-order valence-corrected chi connectivity index (χ0v) is 13.3. The Morgan fingerprint density at radius 3 is 2.77 bits per heavy atom. The summed E-state index contributed by atoms with van der Waals surface area (Å²) in [4.78, 5) is 8.29. The number of benzene rings is 1. The molecule has 1 aromatic carbocycles. The molecule has 0 unspecified atom stereocenters. The van der Waals surface area contributed by atoms with Gasteiger partial charge in [0.2, 0.25) is 0 Å². The summed E-state index contributed by atoms with van der Waals surface area (Å²) in [5.41, 5.74) is 0.0809. The van der Waals surface area contributed by atoms with Crippen molar-refractivity contribution in [3.05, 3.63) is 46.6 Å². The SMILES string of the molecule is C[C@H](CO)Nc1ccnc(SCc2c(F)ccc(F)c2Cl)n1. The molecule has 0 bridgehead atoms. The standard InChI is InChI=1S/C14H14ClF2N3OS/c1-8(6-21)19-12-4-5-18-14(20-12)22-7-9-10(16)2-3-11(17)13(9)15/h2-5,8,21H,6-7H2,1H3,(H,18,19,20)/t8-/m1/s1. The van der Waals surface area contributed by atoms with Crippen molar-refractivity contribution >= 4 is 29.2 Å². The Morgan fingerprint density at radius 2 is 2.05 bits per heavy atom. The first-order valence-electron chi connectivity index (χ1n) is 6.47. The van der Waals surface area contributed by atoms with Gasteiger partial charge in [-0.15, -0.1) is 0 Å². The molecule has 0 fully saturated rings. The largest absolute Gasteiger partial charge is 0.394 e.